The largest absolute Gasteiger partial charge is 0.454 e. The molecule has 1 aliphatic rings. The quantitative estimate of drug-likeness (QED) is 0.0196. The summed E-state index contributed by atoms with van der Waals surface area (Å²) < 4.78 is 17.6. The van der Waals surface area contributed by atoms with Crippen molar-refractivity contribution < 1.29 is 49.3 Å². The number of ether oxygens (including phenoxy) is 3. The Morgan fingerprint density at radius 3 is 1.41 bits per heavy atom. The number of esters is 1. The number of nitrogens with one attached hydrogen (secondary N) is 1. The van der Waals surface area contributed by atoms with Crippen LogP contribution in [0.4, 0.5) is 0 Å². The number of aliphatic hydroxyl groups is 5. The summed E-state index contributed by atoms with van der Waals surface area (Å²) >= 11 is 0. The molecular weight excluding hydrogens is 871 g/mol. The number of hydrogen-bond donors (Lipinski definition) is 6. The lowest BCUT2D eigenvalue weighted by atomic mass is 9.99. The van der Waals surface area contributed by atoms with E-state index in [2.05, 4.69) is 38.2 Å². The SMILES string of the molecule is CCCCCCCC/C=C/CCCCCCCCCC(=O)OC1C(OCC(NC(=O)C(O)CCCCCCCCCCCC)C(O)/C=C/CCCCCCCCCCCCC)OC(CO)C(O)C1O. The van der Waals surface area contributed by atoms with Crippen LogP contribution < -0.4 is 5.32 Å². The zero-order chi connectivity index (χ0) is 50.4. The Balaban J connectivity index is 2.71. The second kappa shape index (κ2) is 47.2. The summed E-state index contributed by atoms with van der Waals surface area (Å²) in [6.45, 7) is 5.77. The third-order valence-electron chi connectivity index (χ3n) is 13.9. The standard InChI is InChI=1S/C58H109NO10/c1-4-7-10-13-16-19-22-24-25-26-27-29-31-34-37-40-43-46-53(63)69-56-55(65)54(64)52(47-60)68-58(56)67-48-49(50(61)44-41-38-35-33-30-28-23-20-17-14-11-8-5-2)59-57(66)51(62)45-42-39-36-32-21-18-15-12-9-6-3/h24-25,41,44,49-52,54-56,58,60-62,64-65H,4-23,26-40,42-43,45-48H2,1-3H3,(H,59,66)/b25-24+,44-41+. The average molecular weight is 981 g/mol. The smallest absolute Gasteiger partial charge is 0.306 e. The van der Waals surface area contributed by atoms with Crippen molar-refractivity contribution in [2.75, 3.05) is 13.2 Å². The maximum atomic E-state index is 13.3. The Labute approximate surface area is 422 Å². The maximum Gasteiger partial charge on any atom is 0.306 e. The van der Waals surface area contributed by atoms with Crippen LogP contribution in [0.3, 0.4) is 0 Å². The van der Waals surface area contributed by atoms with Gasteiger partial charge in [-0.05, 0) is 51.4 Å². The molecule has 8 atom stereocenters. The van der Waals surface area contributed by atoms with E-state index in [0.717, 1.165) is 70.6 Å². The molecule has 1 heterocycles. The van der Waals surface area contributed by atoms with Gasteiger partial charge < -0.3 is 45.1 Å². The molecule has 1 fully saturated rings. The van der Waals surface area contributed by atoms with Crippen molar-refractivity contribution in [2.45, 2.75) is 320 Å². The molecule has 1 rings (SSSR count). The summed E-state index contributed by atoms with van der Waals surface area (Å²) in [7, 11) is 0. The molecule has 0 bridgehead atoms. The molecular formula is C58H109NO10. The van der Waals surface area contributed by atoms with Gasteiger partial charge in [-0.2, -0.15) is 0 Å². The Hall–Kier alpha value is -1.86. The fraction of sp³-hybridized carbons (Fsp3) is 0.897. The predicted molar refractivity (Wildman–Crippen MR) is 283 cm³/mol. The van der Waals surface area contributed by atoms with E-state index in [1.54, 1.807) is 6.08 Å². The predicted octanol–water partition coefficient (Wildman–Crippen LogP) is 12.9. The van der Waals surface area contributed by atoms with Gasteiger partial charge in [-0.25, -0.2) is 0 Å². The van der Waals surface area contributed by atoms with Gasteiger partial charge in [0.25, 0.3) is 0 Å². The van der Waals surface area contributed by atoms with E-state index in [-0.39, 0.29) is 13.0 Å². The van der Waals surface area contributed by atoms with Crippen molar-refractivity contribution in [1.82, 2.24) is 5.32 Å². The van der Waals surface area contributed by atoms with Gasteiger partial charge in [0.05, 0.1) is 25.4 Å². The van der Waals surface area contributed by atoms with E-state index in [1.807, 2.05) is 6.08 Å². The first-order chi connectivity index (χ1) is 33.7. The van der Waals surface area contributed by atoms with Crippen LogP contribution in [0.5, 0.6) is 0 Å². The molecule has 1 saturated heterocycles. The molecule has 0 radical (unpaired) electrons. The lowest BCUT2D eigenvalue weighted by molar-refractivity contribution is -0.305. The third-order valence-corrected chi connectivity index (χ3v) is 13.9. The fourth-order valence-corrected chi connectivity index (χ4v) is 9.18. The second-order valence-corrected chi connectivity index (χ2v) is 20.4. The molecule has 0 aromatic rings. The first-order valence-electron chi connectivity index (χ1n) is 29.1. The summed E-state index contributed by atoms with van der Waals surface area (Å²) in [4.78, 5) is 26.4. The highest BCUT2D eigenvalue weighted by Crippen LogP contribution is 2.26. The first kappa shape index (κ1) is 65.2. The lowest BCUT2D eigenvalue weighted by Gasteiger charge is -2.41. The Morgan fingerprint density at radius 2 is 0.957 bits per heavy atom. The molecule has 0 saturated carbocycles. The van der Waals surface area contributed by atoms with Crippen LogP contribution in [0, 0.1) is 0 Å². The molecule has 0 spiro atoms. The fourth-order valence-electron chi connectivity index (χ4n) is 9.18. The van der Waals surface area contributed by atoms with Gasteiger partial charge in [-0.3, -0.25) is 9.59 Å². The number of rotatable bonds is 49. The zero-order valence-corrected chi connectivity index (χ0v) is 44.7. The van der Waals surface area contributed by atoms with E-state index in [1.165, 1.54) is 154 Å². The van der Waals surface area contributed by atoms with Crippen LogP contribution in [0.1, 0.15) is 271 Å². The van der Waals surface area contributed by atoms with Crippen molar-refractivity contribution in [2.24, 2.45) is 0 Å². The van der Waals surface area contributed by atoms with Crippen LogP contribution in [0.15, 0.2) is 24.3 Å². The highest BCUT2D eigenvalue weighted by Gasteiger charge is 2.47. The average Bonchev–Trinajstić information content (AvgIpc) is 3.34. The highest BCUT2D eigenvalue weighted by molar-refractivity contribution is 5.80. The molecule has 0 aromatic heterocycles. The zero-order valence-electron chi connectivity index (χ0n) is 44.7. The highest BCUT2D eigenvalue weighted by atomic mass is 16.7. The van der Waals surface area contributed by atoms with Crippen LogP contribution in [-0.2, 0) is 23.8 Å². The first-order valence-corrected chi connectivity index (χ1v) is 29.1. The Morgan fingerprint density at radius 1 is 0.551 bits per heavy atom. The normalized spacial score (nSPS) is 19.9. The van der Waals surface area contributed by atoms with Crippen LogP contribution in [-0.4, -0.2) is 99.6 Å². The molecule has 1 aliphatic heterocycles. The molecule has 6 N–H and O–H groups in total. The van der Waals surface area contributed by atoms with E-state index >= 15 is 0 Å². The molecule has 11 heteroatoms. The van der Waals surface area contributed by atoms with E-state index in [9.17, 15) is 35.1 Å². The van der Waals surface area contributed by atoms with Gasteiger partial charge in [0.1, 0.15) is 24.4 Å². The minimum Gasteiger partial charge on any atom is -0.454 e. The van der Waals surface area contributed by atoms with Crippen LogP contribution in [0.2, 0.25) is 0 Å². The summed E-state index contributed by atoms with van der Waals surface area (Å²) in [6.07, 6.45) is 42.2. The van der Waals surface area contributed by atoms with E-state index in [4.69, 9.17) is 14.2 Å². The molecule has 69 heavy (non-hydrogen) atoms. The number of unbranched alkanes of at least 4 members (excludes halogenated alkanes) is 33. The molecule has 8 unspecified atom stereocenters. The van der Waals surface area contributed by atoms with E-state index < -0.39 is 67.4 Å². The van der Waals surface area contributed by atoms with Crippen molar-refractivity contribution in [3.63, 3.8) is 0 Å². The molecule has 1 amide bonds. The topological polar surface area (TPSA) is 175 Å². The number of hydrogen-bond acceptors (Lipinski definition) is 10. The lowest BCUT2D eigenvalue weighted by Crippen LogP contribution is -2.61. The molecule has 11 nitrogen and oxygen atoms in total. The Kier molecular flexibility index (Phi) is 44.5. The van der Waals surface area contributed by atoms with Crippen molar-refractivity contribution >= 4 is 11.9 Å². The van der Waals surface area contributed by atoms with Crippen molar-refractivity contribution in [3.05, 3.63) is 24.3 Å². The Bertz CT molecular complexity index is 1220. The summed E-state index contributed by atoms with van der Waals surface area (Å²) in [6, 6.07) is -1.02. The van der Waals surface area contributed by atoms with Gasteiger partial charge in [-0.1, -0.05) is 238 Å². The number of amides is 1. The van der Waals surface area contributed by atoms with Crippen molar-refractivity contribution in [1.29, 1.82) is 0 Å². The molecule has 0 aromatic carbocycles. The van der Waals surface area contributed by atoms with Crippen LogP contribution >= 0.6 is 0 Å². The van der Waals surface area contributed by atoms with Crippen molar-refractivity contribution in [3.8, 4) is 0 Å². The van der Waals surface area contributed by atoms with E-state index in [0.29, 0.717) is 19.3 Å². The molecule has 406 valence electrons. The van der Waals surface area contributed by atoms with Gasteiger partial charge in [0.15, 0.2) is 12.4 Å². The minimum absolute atomic E-state index is 0.122. The second-order valence-electron chi connectivity index (χ2n) is 20.4. The number of carbonyl (C=O) groups is 2. The number of allylic oxidation sites excluding steroid dienone is 3. The third kappa shape index (κ3) is 35.8. The maximum absolute atomic E-state index is 13.3. The van der Waals surface area contributed by atoms with Gasteiger partial charge in [0, 0.05) is 6.42 Å². The van der Waals surface area contributed by atoms with Crippen LogP contribution in [0.25, 0.3) is 0 Å². The number of carbonyl (C=O) groups excluding carboxylic acids is 2. The minimum atomic E-state index is -1.61. The number of aliphatic hydroxyl groups excluding tert-OH is 5. The molecule has 0 aliphatic carbocycles. The van der Waals surface area contributed by atoms with Gasteiger partial charge >= 0.3 is 5.97 Å². The summed E-state index contributed by atoms with van der Waals surface area (Å²) in [5.41, 5.74) is 0. The summed E-state index contributed by atoms with van der Waals surface area (Å²) in [5, 5.41) is 56.7. The monoisotopic (exact) mass is 980 g/mol. The van der Waals surface area contributed by atoms with Gasteiger partial charge in [-0.15, -0.1) is 0 Å². The van der Waals surface area contributed by atoms with Gasteiger partial charge in [0.2, 0.25) is 5.91 Å². The summed E-state index contributed by atoms with van der Waals surface area (Å²) in [5.74, 6) is -1.19.